The van der Waals surface area contributed by atoms with Crippen LogP contribution in [0.25, 0.3) is 0 Å². The molecule has 0 fully saturated rings. The van der Waals surface area contributed by atoms with Crippen molar-refractivity contribution in [3.63, 3.8) is 0 Å². The van der Waals surface area contributed by atoms with Crippen molar-refractivity contribution in [1.82, 2.24) is 15.3 Å². The van der Waals surface area contributed by atoms with E-state index in [9.17, 15) is 23.1 Å². The minimum atomic E-state index is -4.67. The van der Waals surface area contributed by atoms with Gasteiger partial charge in [-0.15, -0.1) is 0 Å². The number of aliphatic hydroxyl groups is 1. The Labute approximate surface area is 165 Å². The van der Waals surface area contributed by atoms with Gasteiger partial charge in [-0.25, -0.2) is 0 Å². The van der Waals surface area contributed by atoms with Gasteiger partial charge in [-0.1, -0.05) is 42.5 Å². The number of halogens is 3. The van der Waals surface area contributed by atoms with Gasteiger partial charge in [0.1, 0.15) is 12.0 Å². The number of rotatable bonds is 6. The van der Waals surface area contributed by atoms with Gasteiger partial charge < -0.3 is 10.4 Å². The predicted molar refractivity (Wildman–Crippen MR) is 99.5 cm³/mol. The van der Waals surface area contributed by atoms with E-state index in [0.29, 0.717) is 16.7 Å². The SMILES string of the molecule is O=C(CC(F)(F)F)N[C@H](c1ccccc1)C(O)(c1cccnc1)c1cccnc1. The number of carbonyl (C=O) groups excluding carboxylic acids is 1. The normalized spacial score (nSPS) is 13.0. The van der Waals surface area contributed by atoms with Crippen molar-refractivity contribution in [1.29, 1.82) is 0 Å². The number of pyridine rings is 2. The first kappa shape index (κ1) is 20.5. The third kappa shape index (κ3) is 4.78. The molecule has 0 aliphatic rings. The molecule has 1 atom stereocenters. The number of carbonyl (C=O) groups is 1. The van der Waals surface area contributed by atoms with E-state index in [1.807, 2.05) is 0 Å². The lowest BCUT2D eigenvalue weighted by Crippen LogP contribution is -2.46. The smallest absolute Gasteiger partial charge is 0.378 e. The second-order valence-electron chi connectivity index (χ2n) is 6.45. The van der Waals surface area contributed by atoms with Gasteiger partial charge in [0.15, 0.2) is 0 Å². The fourth-order valence-electron chi connectivity index (χ4n) is 3.14. The standard InChI is InChI=1S/C21H18F3N3O2/c22-20(23,24)12-18(28)27-19(15-6-2-1-3-7-15)21(29,16-8-4-10-25-13-16)17-9-5-11-26-14-17/h1-11,13-14,19,29H,12H2,(H,27,28)/t19-/m1/s1. The lowest BCUT2D eigenvalue weighted by molar-refractivity contribution is -0.155. The van der Waals surface area contributed by atoms with E-state index in [4.69, 9.17) is 0 Å². The Hall–Kier alpha value is -3.26. The molecule has 0 spiro atoms. The minimum absolute atomic E-state index is 0.300. The molecule has 3 rings (SSSR count). The monoisotopic (exact) mass is 401 g/mol. The Morgan fingerprint density at radius 3 is 1.93 bits per heavy atom. The maximum Gasteiger partial charge on any atom is 0.397 e. The summed E-state index contributed by atoms with van der Waals surface area (Å²) in [5.74, 6) is -1.25. The summed E-state index contributed by atoms with van der Waals surface area (Å²) in [6, 6.07) is 13.5. The Bertz CT molecular complexity index is 896. The van der Waals surface area contributed by atoms with Crippen LogP contribution in [0.4, 0.5) is 13.2 Å². The zero-order chi connectivity index (χ0) is 20.9. The van der Waals surface area contributed by atoms with E-state index in [1.165, 1.54) is 24.8 Å². The molecule has 0 radical (unpaired) electrons. The highest BCUT2D eigenvalue weighted by Crippen LogP contribution is 2.40. The van der Waals surface area contributed by atoms with E-state index in [2.05, 4.69) is 15.3 Å². The first-order chi connectivity index (χ1) is 13.8. The number of nitrogens with one attached hydrogen (secondary N) is 1. The van der Waals surface area contributed by atoms with Gasteiger partial charge in [0, 0.05) is 35.9 Å². The molecule has 0 saturated carbocycles. The van der Waals surface area contributed by atoms with Crippen LogP contribution in [0.3, 0.4) is 0 Å². The van der Waals surface area contributed by atoms with Crippen molar-refractivity contribution in [2.75, 3.05) is 0 Å². The summed E-state index contributed by atoms with van der Waals surface area (Å²) in [5, 5.41) is 14.2. The van der Waals surface area contributed by atoms with Crippen LogP contribution in [0, 0.1) is 0 Å². The molecular formula is C21H18F3N3O2. The molecule has 0 saturated heterocycles. The molecule has 1 aromatic carbocycles. The number of amides is 1. The highest BCUT2D eigenvalue weighted by molar-refractivity contribution is 5.77. The average molecular weight is 401 g/mol. The maximum absolute atomic E-state index is 12.8. The van der Waals surface area contributed by atoms with Crippen LogP contribution in [0.1, 0.15) is 29.2 Å². The molecule has 0 aliphatic heterocycles. The first-order valence-corrected chi connectivity index (χ1v) is 8.75. The number of benzene rings is 1. The number of aromatic nitrogens is 2. The number of hydrogen-bond acceptors (Lipinski definition) is 4. The van der Waals surface area contributed by atoms with E-state index >= 15 is 0 Å². The molecule has 0 bridgehead atoms. The van der Waals surface area contributed by atoms with E-state index < -0.39 is 30.1 Å². The molecule has 29 heavy (non-hydrogen) atoms. The van der Waals surface area contributed by atoms with E-state index in [1.54, 1.807) is 54.6 Å². The third-order valence-corrected chi connectivity index (χ3v) is 4.42. The van der Waals surface area contributed by atoms with Gasteiger partial charge in [-0.3, -0.25) is 14.8 Å². The van der Waals surface area contributed by atoms with Gasteiger partial charge >= 0.3 is 6.18 Å². The van der Waals surface area contributed by atoms with Gasteiger partial charge in [-0.05, 0) is 17.7 Å². The molecular weight excluding hydrogens is 383 g/mol. The summed E-state index contributed by atoms with van der Waals surface area (Å²) < 4.78 is 38.3. The van der Waals surface area contributed by atoms with Crippen LogP contribution in [-0.4, -0.2) is 27.2 Å². The van der Waals surface area contributed by atoms with Crippen LogP contribution >= 0.6 is 0 Å². The Morgan fingerprint density at radius 1 is 0.931 bits per heavy atom. The highest BCUT2D eigenvalue weighted by Gasteiger charge is 2.44. The lowest BCUT2D eigenvalue weighted by atomic mass is 9.78. The molecule has 3 aromatic rings. The topological polar surface area (TPSA) is 75.1 Å². The number of nitrogens with zero attached hydrogens (tertiary/aromatic N) is 2. The van der Waals surface area contributed by atoms with Crippen molar-refractivity contribution in [2.24, 2.45) is 0 Å². The molecule has 1 amide bonds. The second-order valence-corrected chi connectivity index (χ2v) is 6.45. The Kier molecular flexibility index (Phi) is 5.93. The largest absolute Gasteiger partial charge is 0.397 e. The van der Waals surface area contributed by atoms with Crippen molar-refractivity contribution in [3.05, 3.63) is 96.1 Å². The quantitative estimate of drug-likeness (QED) is 0.663. The van der Waals surface area contributed by atoms with Gasteiger partial charge in [0.05, 0.1) is 6.04 Å². The van der Waals surface area contributed by atoms with Crippen LogP contribution in [0.5, 0.6) is 0 Å². The summed E-state index contributed by atoms with van der Waals surface area (Å²) in [7, 11) is 0. The van der Waals surface area contributed by atoms with Gasteiger partial charge in [0.2, 0.25) is 5.91 Å². The van der Waals surface area contributed by atoms with Gasteiger partial charge in [0.25, 0.3) is 0 Å². The fourth-order valence-corrected chi connectivity index (χ4v) is 3.14. The minimum Gasteiger partial charge on any atom is -0.378 e. The van der Waals surface area contributed by atoms with Crippen molar-refractivity contribution in [3.8, 4) is 0 Å². The Morgan fingerprint density at radius 2 is 1.48 bits per heavy atom. The Balaban J connectivity index is 2.14. The predicted octanol–water partition coefficient (Wildman–Crippen LogP) is 3.52. The van der Waals surface area contributed by atoms with E-state index in [-0.39, 0.29) is 0 Å². The zero-order valence-corrected chi connectivity index (χ0v) is 15.2. The molecule has 2 heterocycles. The molecule has 2 aromatic heterocycles. The molecule has 0 aliphatic carbocycles. The summed E-state index contributed by atoms with van der Waals surface area (Å²) in [5.41, 5.74) is -0.882. The summed E-state index contributed by atoms with van der Waals surface area (Å²) >= 11 is 0. The number of alkyl halides is 3. The number of hydrogen-bond donors (Lipinski definition) is 2. The first-order valence-electron chi connectivity index (χ1n) is 8.75. The van der Waals surface area contributed by atoms with Crippen molar-refractivity contribution in [2.45, 2.75) is 24.2 Å². The summed E-state index contributed by atoms with van der Waals surface area (Å²) in [6.45, 7) is 0. The van der Waals surface area contributed by atoms with E-state index in [0.717, 1.165) is 0 Å². The van der Waals surface area contributed by atoms with Crippen LogP contribution in [0.15, 0.2) is 79.4 Å². The average Bonchev–Trinajstić information content (AvgIpc) is 2.72. The zero-order valence-electron chi connectivity index (χ0n) is 15.2. The van der Waals surface area contributed by atoms with Crippen LogP contribution in [-0.2, 0) is 10.4 Å². The lowest BCUT2D eigenvalue weighted by Gasteiger charge is -2.37. The molecule has 8 heteroatoms. The molecule has 2 N–H and O–H groups in total. The molecule has 150 valence electrons. The maximum atomic E-state index is 12.8. The molecule has 0 unspecified atom stereocenters. The fraction of sp³-hybridized carbons (Fsp3) is 0.190. The highest BCUT2D eigenvalue weighted by atomic mass is 19.4. The summed E-state index contributed by atoms with van der Waals surface area (Å²) in [4.78, 5) is 20.2. The summed E-state index contributed by atoms with van der Waals surface area (Å²) in [6.07, 6.45) is -0.518. The second kappa shape index (κ2) is 8.40. The van der Waals surface area contributed by atoms with Crippen LogP contribution < -0.4 is 5.32 Å². The third-order valence-electron chi connectivity index (χ3n) is 4.42. The van der Waals surface area contributed by atoms with Crippen LogP contribution in [0.2, 0.25) is 0 Å². The van der Waals surface area contributed by atoms with Gasteiger partial charge in [-0.2, -0.15) is 13.2 Å². The van der Waals surface area contributed by atoms with Crippen molar-refractivity contribution >= 4 is 5.91 Å². The molecule has 5 nitrogen and oxygen atoms in total. The van der Waals surface area contributed by atoms with Crippen molar-refractivity contribution < 1.29 is 23.1 Å².